The maximum absolute atomic E-state index is 12.2. The van der Waals surface area contributed by atoms with Crippen molar-refractivity contribution in [3.8, 4) is 28.9 Å². The lowest BCUT2D eigenvalue weighted by molar-refractivity contribution is 0.0950. The standard InChI is InChI=1S/C20H17N3O4/c1-25-17-7-6-14(9-19(17)26-2)18-10-16(23-27-18)12-22-20(24)15-5-3-4-13(8-15)11-21/h3-10H,12H2,1-2H3,(H,22,24). The average molecular weight is 363 g/mol. The Hall–Kier alpha value is -3.79. The first kappa shape index (κ1) is 18.0. The lowest BCUT2D eigenvalue weighted by atomic mass is 10.1. The third-order valence-electron chi connectivity index (χ3n) is 3.91. The van der Waals surface area contributed by atoms with Gasteiger partial charge in [0, 0.05) is 17.2 Å². The van der Waals surface area contributed by atoms with Gasteiger partial charge in [-0.05, 0) is 36.4 Å². The van der Waals surface area contributed by atoms with E-state index in [-0.39, 0.29) is 12.5 Å². The van der Waals surface area contributed by atoms with Gasteiger partial charge in [-0.1, -0.05) is 11.2 Å². The van der Waals surface area contributed by atoms with Crippen molar-refractivity contribution in [3.63, 3.8) is 0 Å². The fraction of sp³-hybridized carbons (Fsp3) is 0.150. The maximum atomic E-state index is 12.2. The van der Waals surface area contributed by atoms with Gasteiger partial charge >= 0.3 is 0 Å². The number of nitrogens with zero attached hydrogens (tertiary/aromatic N) is 2. The maximum Gasteiger partial charge on any atom is 0.251 e. The van der Waals surface area contributed by atoms with Crippen molar-refractivity contribution in [2.75, 3.05) is 14.2 Å². The van der Waals surface area contributed by atoms with E-state index >= 15 is 0 Å². The number of carbonyl (C=O) groups excluding carboxylic acids is 1. The number of nitriles is 1. The van der Waals surface area contributed by atoms with Crippen molar-refractivity contribution in [1.82, 2.24) is 10.5 Å². The molecule has 0 radical (unpaired) electrons. The number of aromatic nitrogens is 1. The van der Waals surface area contributed by atoms with Crippen molar-refractivity contribution in [1.29, 1.82) is 5.26 Å². The first-order valence-corrected chi connectivity index (χ1v) is 8.11. The Morgan fingerprint density at radius 3 is 2.70 bits per heavy atom. The van der Waals surface area contributed by atoms with Crippen LogP contribution < -0.4 is 14.8 Å². The van der Waals surface area contributed by atoms with Crippen molar-refractivity contribution >= 4 is 5.91 Å². The van der Waals surface area contributed by atoms with Gasteiger partial charge in [0.05, 0.1) is 32.4 Å². The van der Waals surface area contributed by atoms with E-state index in [1.54, 1.807) is 50.6 Å². The van der Waals surface area contributed by atoms with Crippen LogP contribution in [0.3, 0.4) is 0 Å². The van der Waals surface area contributed by atoms with Gasteiger partial charge in [0.15, 0.2) is 17.3 Å². The fourth-order valence-electron chi connectivity index (χ4n) is 2.52. The smallest absolute Gasteiger partial charge is 0.251 e. The van der Waals surface area contributed by atoms with Crippen LogP contribution in [0.4, 0.5) is 0 Å². The molecule has 7 heteroatoms. The van der Waals surface area contributed by atoms with E-state index in [1.807, 2.05) is 12.1 Å². The van der Waals surface area contributed by atoms with Crippen LogP contribution in [0.5, 0.6) is 11.5 Å². The Morgan fingerprint density at radius 1 is 1.15 bits per heavy atom. The molecule has 1 N–H and O–H groups in total. The molecule has 7 nitrogen and oxygen atoms in total. The Morgan fingerprint density at radius 2 is 1.96 bits per heavy atom. The third-order valence-corrected chi connectivity index (χ3v) is 3.91. The summed E-state index contributed by atoms with van der Waals surface area (Å²) in [6.45, 7) is 0.201. The first-order valence-electron chi connectivity index (χ1n) is 8.11. The van der Waals surface area contributed by atoms with E-state index in [0.29, 0.717) is 34.1 Å². The molecule has 3 aromatic rings. The number of hydrogen-bond acceptors (Lipinski definition) is 6. The zero-order valence-electron chi connectivity index (χ0n) is 14.9. The summed E-state index contributed by atoms with van der Waals surface area (Å²) in [4.78, 5) is 12.2. The van der Waals surface area contributed by atoms with Crippen LogP contribution in [0.25, 0.3) is 11.3 Å². The summed E-state index contributed by atoms with van der Waals surface area (Å²) < 4.78 is 15.9. The Balaban J connectivity index is 1.69. The lowest BCUT2D eigenvalue weighted by Crippen LogP contribution is -2.22. The number of ether oxygens (including phenoxy) is 2. The molecule has 0 bridgehead atoms. The minimum Gasteiger partial charge on any atom is -0.493 e. The van der Waals surface area contributed by atoms with Gasteiger partial charge in [-0.3, -0.25) is 4.79 Å². The van der Waals surface area contributed by atoms with E-state index in [0.717, 1.165) is 5.56 Å². The predicted molar refractivity (Wildman–Crippen MR) is 97.4 cm³/mol. The van der Waals surface area contributed by atoms with Crippen LogP contribution in [0, 0.1) is 11.3 Å². The predicted octanol–water partition coefficient (Wildman–Crippen LogP) is 3.16. The van der Waals surface area contributed by atoms with Crippen molar-refractivity contribution in [2.24, 2.45) is 0 Å². The van der Waals surface area contributed by atoms with E-state index in [4.69, 9.17) is 19.3 Å². The van der Waals surface area contributed by atoms with E-state index in [2.05, 4.69) is 10.5 Å². The molecule has 0 aliphatic rings. The SMILES string of the molecule is COc1ccc(-c2cc(CNC(=O)c3cccc(C#N)c3)no2)cc1OC. The second kappa shape index (κ2) is 8.06. The van der Waals surface area contributed by atoms with Crippen molar-refractivity contribution in [2.45, 2.75) is 6.54 Å². The quantitative estimate of drug-likeness (QED) is 0.722. The molecule has 1 aromatic heterocycles. The molecule has 1 heterocycles. The van der Waals surface area contributed by atoms with Crippen LogP contribution in [0.15, 0.2) is 53.1 Å². The summed E-state index contributed by atoms with van der Waals surface area (Å²) in [7, 11) is 3.13. The number of benzene rings is 2. The summed E-state index contributed by atoms with van der Waals surface area (Å²) in [5.74, 6) is 1.46. The van der Waals surface area contributed by atoms with Gasteiger partial charge in [-0.15, -0.1) is 0 Å². The van der Waals surface area contributed by atoms with Crippen molar-refractivity contribution in [3.05, 3.63) is 65.4 Å². The highest BCUT2D eigenvalue weighted by Gasteiger charge is 2.12. The molecule has 0 saturated heterocycles. The molecule has 0 aliphatic heterocycles. The van der Waals surface area contributed by atoms with Crippen LogP contribution in [-0.4, -0.2) is 25.3 Å². The molecular weight excluding hydrogens is 346 g/mol. The fourth-order valence-corrected chi connectivity index (χ4v) is 2.52. The normalized spacial score (nSPS) is 10.1. The molecule has 2 aromatic carbocycles. The lowest BCUT2D eigenvalue weighted by Gasteiger charge is -2.07. The Kier molecular flexibility index (Phi) is 5.38. The van der Waals surface area contributed by atoms with Gasteiger partial charge in [-0.25, -0.2) is 0 Å². The van der Waals surface area contributed by atoms with Gasteiger partial charge in [-0.2, -0.15) is 5.26 Å². The van der Waals surface area contributed by atoms with E-state index < -0.39 is 0 Å². The van der Waals surface area contributed by atoms with Crippen LogP contribution in [0.1, 0.15) is 21.6 Å². The topological polar surface area (TPSA) is 97.4 Å². The number of hydrogen-bond donors (Lipinski definition) is 1. The average Bonchev–Trinajstić information content (AvgIpc) is 3.20. The third kappa shape index (κ3) is 4.07. The second-order valence-corrected chi connectivity index (χ2v) is 5.63. The first-order chi connectivity index (χ1) is 13.1. The van der Waals surface area contributed by atoms with Crippen molar-refractivity contribution < 1.29 is 18.8 Å². The molecular formula is C20H17N3O4. The molecule has 0 saturated carbocycles. The Bertz CT molecular complexity index is 1000. The van der Waals surface area contributed by atoms with Crippen LogP contribution in [0.2, 0.25) is 0 Å². The summed E-state index contributed by atoms with van der Waals surface area (Å²) in [5.41, 5.74) is 2.20. The zero-order chi connectivity index (χ0) is 19.2. The number of methoxy groups -OCH3 is 2. The van der Waals surface area contributed by atoms with Gasteiger partial charge < -0.3 is 19.3 Å². The summed E-state index contributed by atoms with van der Waals surface area (Å²) in [6.07, 6.45) is 0. The molecule has 3 rings (SSSR count). The molecule has 0 fully saturated rings. The zero-order valence-corrected chi connectivity index (χ0v) is 14.9. The highest BCUT2D eigenvalue weighted by atomic mass is 16.5. The molecule has 27 heavy (non-hydrogen) atoms. The molecule has 136 valence electrons. The highest BCUT2D eigenvalue weighted by Crippen LogP contribution is 2.32. The highest BCUT2D eigenvalue weighted by molar-refractivity contribution is 5.94. The molecule has 0 atom stereocenters. The minimum absolute atomic E-state index is 0.201. The largest absolute Gasteiger partial charge is 0.493 e. The van der Waals surface area contributed by atoms with Gasteiger partial charge in [0.2, 0.25) is 0 Å². The van der Waals surface area contributed by atoms with Gasteiger partial charge in [0.25, 0.3) is 5.91 Å². The number of nitrogens with one attached hydrogen (secondary N) is 1. The summed E-state index contributed by atoms with van der Waals surface area (Å²) in [6, 6.07) is 15.6. The molecule has 0 unspecified atom stereocenters. The van der Waals surface area contributed by atoms with Crippen LogP contribution in [-0.2, 0) is 6.54 Å². The van der Waals surface area contributed by atoms with Crippen LogP contribution >= 0.6 is 0 Å². The number of rotatable bonds is 6. The van der Waals surface area contributed by atoms with E-state index in [9.17, 15) is 4.79 Å². The van der Waals surface area contributed by atoms with Gasteiger partial charge in [0.1, 0.15) is 5.69 Å². The number of carbonyl (C=O) groups is 1. The molecule has 0 spiro atoms. The number of amides is 1. The monoisotopic (exact) mass is 363 g/mol. The molecule has 0 aliphatic carbocycles. The summed E-state index contributed by atoms with van der Waals surface area (Å²) in [5, 5.41) is 15.6. The Labute approximate surface area is 156 Å². The molecule has 1 amide bonds. The minimum atomic E-state index is -0.289. The summed E-state index contributed by atoms with van der Waals surface area (Å²) >= 11 is 0. The second-order valence-electron chi connectivity index (χ2n) is 5.63. The van der Waals surface area contributed by atoms with E-state index in [1.165, 1.54) is 6.07 Å².